The Balaban J connectivity index is 1.53. The Labute approximate surface area is 196 Å². The van der Waals surface area contributed by atoms with Crippen LogP contribution in [0.5, 0.6) is 11.5 Å². The predicted octanol–water partition coefficient (Wildman–Crippen LogP) is 5.53. The minimum absolute atomic E-state index is 0.275. The van der Waals surface area contributed by atoms with Crippen LogP contribution >= 0.6 is 0 Å². The Morgan fingerprint density at radius 2 is 1.45 bits per heavy atom. The lowest BCUT2D eigenvalue weighted by Gasteiger charge is -2.38. The molecule has 5 rings (SSSR count). The zero-order chi connectivity index (χ0) is 22.9. The van der Waals surface area contributed by atoms with Crippen LogP contribution < -0.4 is 4.90 Å². The van der Waals surface area contributed by atoms with E-state index in [2.05, 4.69) is 54.0 Å². The number of benzene rings is 3. The third-order valence-electron chi connectivity index (χ3n) is 7.07. The van der Waals surface area contributed by atoms with E-state index in [1.165, 1.54) is 16.8 Å². The van der Waals surface area contributed by atoms with Gasteiger partial charge in [-0.3, -0.25) is 4.90 Å². The average molecular weight is 441 g/mol. The maximum atomic E-state index is 10.3. The summed E-state index contributed by atoms with van der Waals surface area (Å²) in [7, 11) is 0. The first-order valence-electron chi connectivity index (χ1n) is 11.9. The second kappa shape index (κ2) is 8.95. The molecule has 4 nitrogen and oxygen atoms in total. The van der Waals surface area contributed by atoms with Crippen LogP contribution in [0.25, 0.3) is 11.1 Å². The molecule has 4 heteroatoms. The van der Waals surface area contributed by atoms with Crippen molar-refractivity contribution >= 4 is 16.8 Å². The molecule has 3 aromatic rings. The first-order valence-corrected chi connectivity index (χ1v) is 11.9. The van der Waals surface area contributed by atoms with Crippen LogP contribution in [-0.4, -0.2) is 47.3 Å². The molecular weight excluding hydrogens is 408 g/mol. The van der Waals surface area contributed by atoms with Gasteiger partial charge in [0.1, 0.15) is 11.5 Å². The van der Waals surface area contributed by atoms with Crippen LogP contribution in [-0.2, 0) is 6.42 Å². The second-order valence-corrected chi connectivity index (χ2v) is 9.41. The minimum atomic E-state index is 0.275. The van der Waals surface area contributed by atoms with E-state index in [1.54, 1.807) is 12.1 Å². The molecule has 0 unspecified atom stereocenters. The van der Waals surface area contributed by atoms with Crippen molar-refractivity contribution in [3.63, 3.8) is 0 Å². The normalized spacial score (nSPS) is 16.9. The van der Waals surface area contributed by atoms with E-state index in [4.69, 9.17) is 0 Å². The molecule has 0 spiro atoms. The van der Waals surface area contributed by atoms with Crippen molar-refractivity contribution in [3.05, 3.63) is 89.0 Å². The van der Waals surface area contributed by atoms with Gasteiger partial charge in [0.2, 0.25) is 0 Å². The molecule has 1 heterocycles. The smallest absolute Gasteiger partial charge is 0.116 e. The molecule has 3 aromatic carbocycles. The van der Waals surface area contributed by atoms with Crippen molar-refractivity contribution in [2.24, 2.45) is 0 Å². The molecule has 2 N–H and O–H groups in total. The number of piperazine rings is 1. The summed E-state index contributed by atoms with van der Waals surface area (Å²) in [6, 6.07) is 22.7. The summed E-state index contributed by atoms with van der Waals surface area (Å²) in [6.45, 7) is 8.82. The van der Waals surface area contributed by atoms with Crippen molar-refractivity contribution in [3.8, 4) is 11.5 Å². The van der Waals surface area contributed by atoms with Crippen LogP contribution in [0.1, 0.15) is 42.5 Å². The topological polar surface area (TPSA) is 46.9 Å². The molecular formula is C29H32N2O2. The summed E-state index contributed by atoms with van der Waals surface area (Å²) in [5.41, 5.74) is 8.13. The summed E-state index contributed by atoms with van der Waals surface area (Å²) >= 11 is 0. The molecule has 0 atom stereocenters. The van der Waals surface area contributed by atoms with Crippen LogP contribution in [0.15, 0.2) is 66.7 Å². The van der Waals surface area contributed by atoms with Gasteiger partial charge in [0, 0.05) is 37.9 Å². The number of allylic oxidation sites excluding steroid dienone is 1. The molecule has 0 radical (unpaired) electrons. The Morgan fingerprint density at radius 1 is 0.727 bits per heavy atom. The Hall–Kier alpha value is -3.24. The number of anilines is 1. The zero-order valence-corrected chi connectivity index (χ0v) is 19.5. The molecule has 0 amide bonds. The summed E-state index contributed by atoms with van der Waals surface area (Å²) in [6.07, 6.45) is 1.82. The number of aromatic hydroxyl groups is 2. The van der Waals surface area contributed by atoms with Crippen molar-refractivity contribution in [1.82, 2.24) is 4.90 Å². The Bertz CT molecular complexity index is 1170. The molecule has 1 aliphatic carbocycles. The summed E-state index contributed by atoms with van der Waals surface area (Å²) < 4.78 is 0. The van der Waals surface area contributed by atoms with Crippen LogP contribution in [0.3, 0.4) is 0 Å². The fraction of sp³-hybridized carbons (Fsp3) is 0.310. The van der Waals surface area contributed by atoms with Gasteiger partial charge in [0.05, 0.1) is 0 Å². The van der Waals surface area contributed by atoms with Gasteiger partial charge < -0.3 is 15.1 Å². The van der Waals surface area contributed by atoms with E-state index < -0.39 is 0 Å². The number of phenolic OH excluding ortho intramolecular Hbond substituents is 2. The number of hydrogen-bond acceptors (Lipinski definition) is 4. The quantitative estimate of drug-likeness (QED) is 0.560. The van der Waals surface area contributed by atoms with Gasteiger partial charge in [0.15, 0.2) is 0 Å². The Morgan fingerprint density at radius 3 is 2.15 bits per heavy atom. The maximum absolute atomic E-state index is 10.3. The van der Waals surface area contributed by atoms with Gasteiger partial charge in [-0.25, -0.2) is 0 Å². The number of phenols is 2. The van der Waals surface area contributed by atoms with Gasteiger partial charge >= 0.3 is 0 Å². The molecule has 1 aliphatic heterocycles. The highest BCUT2D eigenvalue weighted by Crippen LogP contribution is 2.42. The minimum Gasteiger partial charge on any atom is -0.508 e. The number of fused-ring (bicyclic) bond motifs is 1. The number of hydrogen-bond donors (Lipinski definition) is 2. The third kappa shape index (κ3) is 4.36. The predicted molar refractivity (Wildman–Crippen MR) is 136 cm³/mol. The van der Waals surface area contributed by atoms with E-state index in [-0.39, 0.29) is 11.5 Å². The largest absolute Gasteiger partial charge is 0.508 e. The molecule has 1 fully saturated rings. The number of aryl methyl sites for hydroxylation is 1. The highest BCUT2D eigenvalue weighted by atomic mass is 16.3. The van der Waals surface area contributed by atoms with E-state index >= 15 is 0 Å². The van der Waals surface area contributed by atoms with E-state index in [1.807, 2.05) is 24.3 Å². The summed E-state index contributed by atoms with van der Waals surface area (Å²) in [5, 5.41) is 20.4. The van der Waals surface area contributed by atoms with E-state index in [0.717, 1.165) is 61.3 Å². The number of nitrogens with zero attached hydrogens (tertiary/aromatic N) is 2. The van der Waals surface area contributed by atoms with Gasteiger partial charge in [-0.1, -0.05) is 30.3 Å². The molecule has 2 aliphatic rings. The van der Waals surface area contributed by atoms with Crippen LogP contribution in [0.2, 0.25) is 0 Å². The van der Waals surface area contributed by atoms with Crippen LogP contribution in [0, 0.1) is 0 Å². The number of rotatable bonds is 4. The van der Waals surface area contributed by atoms with Crippen molar-refractivity contribution in [2.45, 2.75) is 32.7 Å². The standard InChI is InChI=1S/C29H32N2O2/c1-20(2)30-14-16-31(17-15-30)24-10-6-22(7-11-24)29-27(23-4-3-5-25(32)18-23)13-9-21-8-12-26(33)19-28(21)29/h3-8,10-12,18-20,32-33H,9,13-17H2,1-2H3. The van der Waals surface area contributed by atoms with E-state index in [0.29, 0.717) is 6.04 Å². The fourth-order valence-electron chi connectivity index (χ4n) is 5.21. The van der Waals surface area contributed by atoms with Crippen molar-refractivity contribution < 1.29 is 10.2 Å². The van der Waals surface area contributed by atoms with Crippen molar-refractivity contribution in [2.75, 3.05) is 31.1 Å². The molecule has 0 aromatic heterocycles. The molecule has 33 heavy (non-hydrogen) atoms. The lowest BCUT2D eigenvalue weighted by atomic mass is 9.79. The highest BCUT2D eigenvalue weighted by molar-refractivity contribution is 6.01. The van der Waals surface area contributed by atoms with Crippen molar-refractivity contribution in [1.29, 1.82) is 0 Å². The Kier molecular flexibility index (Phi) is 5.86. The van der Waals surface area contributed by atoms with Crippen LogP contribution in [0.4, 0.5) is 5.69 Å². The monoisotopic (exact) mass is 440 g/mol. The third-order valence-corrected chi connectivity index (χ3v) is 7.07. The molecule has 1 saturated heterocycles. The summed E-state index contributed by atoms with van der Waals surface area (Å²) in [5.74, 6) is 0.556. The SMILES string of the molecule is CC(C)N1CCN(c2ccc(C3=C(c4cccc(O)c4)CCc4ccc(O)cc43)cc2)CC1. The zero-order valence-electron chi connectivity index (χ0n) is 19.5. The maximum Gasteiger partial charge on any atom is 0.116 e. The molecule has 170 valence electrons. The first-order chi connectivity index (χ1) is 16.0. The lowest BCUT2D eigenvalue weighted by molar-refractivity contribution is 0.209. The van der Waals surface area contributed by atoms with Gasteiger partial charge in [-0.05, 0) is 96.5 Å². The second-order valence-electron chi connectivity index (χ2n) is 9.41. The average Bonchev–Trinajstić information content (AvgIpc) is 2.83. The molecule has 0 saturated carbocycles. The van der Waals surface area contributed by atoms with E-state index in [9.17, 15) is 10.2 Å². The van der Waals surface area contributed by atoms with Gasteiger partial charge in [-0.15, -0.1) is 0 Å². The molecule has 0 bridgehead atoms. The summed E-state index contributed by atoms with van der Waals surface area (Å²) in [4.78, 5) is 5.00. The lowest BCUT2D eigenvalue weighted by Crippen LogP contribution is -2.48. The fourth-order valence-corrected chi connectivity index (χ4v) is 5.21. The van der Waals surface area contributed by atoms with Gasteiger partial charge in [0.25, 0.3) is 0 Å². The highest BCUT2D eigenvalue weighted by Gasteiger charge is 2.23. The van der Waals surface area contributed by atoms with Gasteiger partial charge in [-0.2, -0.15) is 0 Å². The first kappa shape index (κ1) is 21.6.